The van der Waals surface area contributed by atoms with Crippen LogP contribution in [-0.2, 0) is 26.5 Å². The number of aliphatic hydroxyl groups is 2. The molecule has 2 aliphatic rings. The topological polar surface area (TPSA) is 130 Å². The van der Waals surface area contributed by atoms with E-state index in [0.717, 1.165) is 5.56 Å². The predicted molar refractivity (Wildman–Crippen MR) is 167 cm³/mol. The summed E-state index contributed by atoms with van der Waals surface area (Å²) in [6.07, 6.45) is 1.99. The second-order valence-electron chi connectivity index (χ2n) is 12.2. The number of fused-ring (bicyclic) bond motifs is 2. The van der Waals surface area contributed by atoms with Crippen LogP contribution in [0.15, 0.2) is 67.4 Å². The SMILES string of the molecule is C=CCN1C(=O)[C@]2(O[C@H](CCn3cc(C(CO)c4ccccc4)nn3)[C@@H]([Si](C)(C)F)[C@@H]2C)c2cc(NC(=O)[C@H](C)O)ccc21. The highest BCUT2D eigenvalue weighted by Crippen LogP contribution is 2.60. The van der Waals surface area contributed by atoms with E-state index in [1.165, 1.54) is 6.92 Å². The van der Waals surface area contributed by atoms with Crippen molar-refractivity contribution in [1.82, 2.24) is 15.0 Å². The lowest BCUT2D eigenvalue weighted by Crippen LogP contribution is -2.45. The van der Waals surface area contributed by atoms with Crippen LogP contribution in [0.3, 0.4) is 0 Å². The van der Waals surface area contributed by atoms with E-state index in [2.05, 4.69) is 22.2 Å². The lowest BCUT2D eigenvalue weighted by atomic mass is 9.82. The molecule has 2 aliphatic heterocycles. The first kappa shape index (κ1) is 31.7. The number of rotatable bonds is 11. The van der Waals surface area contributed by atoms with Crippen molar-refractivity contribution >= 4 is 31.6 Å². The number of nitrogens with one attached hydrogen (secondary N) is 1. The zero-order chi connectivity index (χ0) is 31.8. The lowest BCUT2D eigenvalue weighted by Gasteiger charge is -2.31. The molecule has 12 heteroatoms. The molecule has 2 aromatic carbocycles. The summed E-state index contributed by atoms with van der Waals surface area (Å²) >= 11 is 0. The Morgan fingerprint density at radius 1 is 1.27 bits per heavy atom. The van der Waals surface area contributed by atoms with Gasteiger partial charge in [0.1, 0.15) is 6.10 Å². The van der Waals surface area contributed by atoms with Gasteiger partial charge in [-0.05, 0) is 50.2 Å². The van der Waals surface area contributed by atoms with Gasteiger partial charge in [0, 0.05) is 42.0 Å². The summed E-state index contributed by atoms with van der Waals surface area (Å²) in [5.41, 5.74) is 1.15. The third-order valence-corrected chi connectivity index (χ3v) is 11.3. The maximum absolute atomic E-state index is 16.2. The van der Waals surface area contributed by atoms with Crippen LogP contribution in [0.2, 0.25) is 18.6 Å². The van der Waals surface area contributed by atoms with E-state index < -0.39 is 43.6 Å². The first-order valence-corrected chi connectivity index (χ1v) is 17.9. The first-order valence-electron chi connectivity index (χ1n) is 14.9. The van der Waals surface area contributed by atoms with Gasteiger partial charge in [-0.25, -0.2) is 0 Å². The molecule has 0 radical (unpaired) electrons. The Morgan fingerprint density at radius 2 is 2.00 bits per heavy atom. The number of halogens is 1. The van der Waals surface area contributed by atoms with Gasteiger partial charge >= 0.3 is 0 Å². The molecule has 1 aromatic heterocycles. The molecule has 6 atom stereocenters. The molecule has 3 heterocycles. The molecule has 5 rings (SSSR count). The van der Waals surface area contributed by atoms with E-state index in [1.54, 1.807) is 53.1 Å². The van der Waals surface area contributed by atoms with Gasteiger partial charge in [-0.15, -0.1) is 11.7 Å². The van der Waals surface area contributed by atoms with Gasteiger partial charge in [0.25, 0.3) is 11.8 Å². The third-order valence-electron chi connectivity index (χ3n) is 8.86. The van der Waals surface area contributed by atoms with E-state index in [-0.39, 0.29) is 25.0 Å². The largest absolute Gasteiger partial charge is 0.395 e. The van der Waals surface area contributed by atoms with Gasteiger partial charge in [0.05, 0.1) is 30.0 Å². The van der Waals surface area contributed by atoms with Gasteiger partial charge in [-0.1, -0.05) is 48.5 Å². The van der Waals surface area contributed by atoms with Crippen molar-refractivity contribution in [3.05, 3.63) is 84.2 Å². The fraction of sp³-hybridized carbons (Fsp3) is 0.438. The molecule has 234 valence electrons. The van der Waals surface area contributed by atoms with E-state index in [0.29, 0.717) is 35.6 Å². The monoisotopic (exact) mass is 621 g/mol. The fourth-order valence-corrected chi connectivity index (χ4v) is 9.39. The van der Waals surface area contributed by atoms with E-state index >= 15 is 4.11 Å². The smallest absolute Gasteiger partial charge is 0.264 e. The molecule has 0 bridgehead atoms. The summed E-state index contributed by atoms with van der Waals surface area (Å²) in [5.74, 6) is -1.71. The molecule has 3 aromatic rings. The second-order valence-corrected chi connectivity index (χ2v) is 16.0. The Bertz CT molecular complexity index is 1530. The van der Waals surface area contributed by atoms with Gasteiger partial charge in [0.15, 0.2) is 5.60 Å². The van der Waals surface area contributed by atoms with E-state index in [1.807, 2.05) is 37.3 Å². The number of anilines is 2. The number of hydrogen-bond acceptors (Lipinski definition) is 7. The van der Waals surface area contributed by atoms with Crippen molar-refractivity contribution in [2.75, 3.05) is 23.4 Å². The van der Waals surface area contributed by atoms with Crippen LogP contribution in [0.1, 0.15) is 43.0 Å². The summed E-state index contributed by atoms with van der Waals surface area (Å²) in [7, 11) is -3.39. The van der Waals surface area contributed by atoms with E-state index in [4.69, 9.17) is 4.74 Å². The molecule has 1 unspecified atom stereocenters. The van der Waals surface area contributed by atoms with E-state index in [9.17, 15) is 19.8 Å². The average Bonchev–Trinajstić information content (AvgIpc) is 3.63. The van der Waals surface area contributed by atoms with Crippen LogP contribution in [0.25, 0.3) is 0 Å². The number of amides is 2. The standard InChI is InChI=1S/C32H40FN5O5Si/c1-6-15-38-27-13-12-23(34-30(41)21(3)40)17-25(27)32(31(38)42)20(2)29(44(4,5)33)28(43-32)14-16-37-18-26(35-36-37)24(19-39)22-10-8-7-9-11-22/h6-13,17-18,20-21,24,28-29,39-40H,1,14-16,19H2,2-5H3,(H,34,41)/t20-,21-,24?,28+,29-,32+/m0/s1. The first-order chi connectivity index (χ1) is 20.9. The van der Waals surface area contributed by atoms with Crippen molar-refractivity contribution in [2.45, 2.75) is 69.2 Å². The van der Waals surface area contributed by atoms with Gasteiger partial charge in [0.2, 0.25) is 8.41 Å². The van der Waals surface area contributed by atoms with Crippen LogP contribution < -0.4 is 10.2 Å². The molecule has 0 saturated carbocycles. The molecule has 2 amide bonds. The Kier molecular flexibility index (Phi) is 8.90. The fourth-order valence-electron chi connectivity index (χ4n) is 6.85. The summed E-state index contributed by atoms with van der Waals surface area (Å²) in [6.45, 7) is 10.8. The normalized spacial score (nSPS) is 24.4. The van der Waals surface area contributed by atoms with Gasteiger partial charge < -0.3 is 29.3 Å². The summed E-state index contributed by atoms with van der Waals surface area (Å²) < 4.78 is 24.6. The maximum atomic E-state index is 16.2. The van der Waals surface area contributed by atoms with Crippen LogP contribution in [0, 0.1) is 5.92 Å². The van der Waals surface area contributed by atoms with Crippen LogP contribution in [0.4, 0.5) is 15.5 Å². The molecule has 0 aliphatic carbocycles. The van der Waals surface area contributed by atoms with Crippen LogP contribution in [-0.4, -0.2) is 70.8 Å². The minimum atomic E-state index is -3.39. The molecule has 1 saturated heterocycles. The highest BCUT2D eigenvalue weighted by Gasteiger charge is 2.66. The average molecular weight is 622 g/mol. The number of aryl methyl sites for hydroxylation is 1. The minimum Gasteiger partial charge on any atom is -0.395 e. The zero-order valence-electron chi connectivity index (χ0n) is 25.5. The highest BCUT2D eigenvalue weighted by atomic mass is 28.4. The number of hydrogen-bond donors (Lipinski definition) is 3. The van der Waals surface area contributed by atoms with Crippen molar-refractivity contribution in [3.63, 3.8) is 0 Å². The number of carbonyl (C=O) groups excluding carboxylic acids is 2. The summed E-state index contributed by atoms with van der Waals surface area (Å²) in [6, 6.07) is 14.7. The second kappa shape index (κ2) is 12.4. The van der Waals surface area contributed by atoms with Crippen LogP contribution in [0.5, 0.6) is 0 Å². The number of nitrogens with zero attached hydrogens (tertiary/aromatic N) is 4. The van der Waals surface area contributed by atoms with Crippen molar-refractivity contribution in [2.24, 2.45) is 5.92 Å². The molecule has 1 spiro atoms. The number of carbonyl (C=O) groups is 2. The molecular weight excluding hydrogens is 581 g/mol. The van der Waals surface area contributed by atoms with Crippen molar-refractivity contribution in [3.8, 4) is 0 Å². The van der Waals surface area contributed by atoms with Gasteiger partial charge in [-0.3, -0.25) is 14.3 Å². The number of aliphatic hydroxyl groups excluding tert-OH is 2. The minimum absolute atomic E-state index is 0.124. The zero-order valence-corrected chi connectivity index (χ0v) is 26.5. The molecular formula is C32H40FN5O5Si. The Balaban J connectivity index is 1.46. The predicted octanol–water partition coefficient (Wildman–Crippen LogP) is 4.12. The third kappa shape index (κ3) is 5.62. The van der Waals surface area contributed by atoms with Crippen LogP contribution >= 0.6 is 0 Å². The number of benzene rings is 2. The maximum Gasteiger partial charge on any atom is 0.264 e. The Labute approximate surface area is 257 Å². The number of ether oxygens (including phenoxy) is 1. The Hall–Kier alpha value is -3.71. The summed E-state index contributed by atoms with van der Waals surface area (Å²) in [4.78, 5) is 28.1. The van der Waals surface area contributed by atoms with Gasteiger partial charge in [-0.2, -0.15) is 0 Å². The molecule has 3 N–H and O–H groups in total. The molecule has 10 nitrogen and oxygen atoms in total. The molecule has 1 fully saturated rings. The summed E-state index contributed by atoms with van der Waals surface area (Å²) in [5, 5.41) is 31.1. The quantitative estimate of drug-likeness (QED) is 0.167. The molecule has 44 heavy (non-hydrogen) atoms. The van der Waals surface area contributed by atoms with Crippen molar-refractivity contribution in [1.29, 1.82) is 0 Å². The lowest BCUT2D eigenvalue weighted by molar-refractivity contribution is -0.145. The Morgan fingerprint density at radius 3 is 2.64 bits per heavy atom. The highest BCUT2D eigenvalue weighted by molar-refractivity contribution is 6.72. The van der Waals surface area contributed by atoms with Crippen molar-refractivity contribution < 1.29 is 28.6 Å². The number of aromatic nitrogens is 3.